The first-order valence-corrected chi connectivity index (χ1v) is 10.2. The van der Waals surface area contributed by atoms with Crippen LogP contribution in [0, 0.1) is 5.82 Å². The number of nitrogens with one attached hydrogen (secondary N) is 1. The highest BCUT2D eigenvalue weighted by Crippen LogP contribution is 2.37. The quantitative estimate of drug-likeness (QED) is 0.278. The molecule has 0 aliphatic heterocycles. The Bertz CT molecular complexity index is 1150. The van der Waals surface area contributed by atoms with E-state index in [1.165, 1.54) is 23.1 Å². The molecule has 3 rings (SSSR count). The Morgan fingerprint density at radius 2 is 1.57 bits per heavy atom. The van der Waals surface area contributed by atoms with Crippen LogP contribution in [0.1, 0.15) is 22.4 Å². The summed E-state index contributed by atoms with van der Waals surface area (Å²) < 4.78 is 93.7. The Labute approximate surface area is 196 Å². The Balaban J connectivity index is 1.82. The molecule has 186 valence electrons. The van der Waals surface area contributed by atoms with Crippen molar-refractivity contribution in [2.24, 2.45) is 0 Å². The lowest BCUT2D eigenvalue weighted by atomic mass is 10.1. The zero-order chi connectivity index (χ0) is 25.8. The molecular formula is C24H20F7N3O. The lowest BCUT2D eigenvalue weighted by molar-refractivity contribution is -0.143. The lowest BCUT2D eigenvalue weighted by Crippen LogP contribution is -2.35. The average molecular weight is 499 g/mol. The first kappa shape index (κ1) is 25.9. The maximum Gasteiger partial charge on any atom is 0.416 e. The van der Waals surface area contributed by atoms with Crippen LogP contribution >= 0.6 is 0 Å². The normalized spacial score (nSPS) is 11.9. The Hall–Kier alpha value is -3.76. The van der Waals surface area contributed by atoms with Crippen molar-refractivity contribution in [1.82, 2.24) is 9.47 Å². The third-order valence-electron chi connectivity index (χ3n) is 5.02. The predicted molar refractivity (Wildman–Crippen MR) is 116 cm³/mol. The van der Waals surface area contributed by atoms with Crippen LogP contribution in [0.3, 0.4) is 0 Å². The van der Waals surface area contributed by atoms with E-state index in [2.05, 4.69) is 11.9 Å². The van der Waals surface area contributed by atoms with Crippen molar-refractivity contribution in [2.75, 3.05) is 11.9 Å². The number of aromatic nitrogens is 1. The van der Waals surface area contributed by atoms with Gasteiger partial charge in [0.2, 0.25) is 0 Å². The zero-order valence-corrected chi connectivity index (χ0v) is 18.1. The van der Waals surface area contributed by atoms with Crippen molar-refractivity contribution < 1.29 is 35.5 Å². The maximum absolute atomic E-state index is 13.2. The van der Waals surface area contributed by atoms with Gasteiger partial charge in [-0.05, 0) is 48.0 Å². The van der Waals surface area contributed by atoms with Crippen LogP contribution in [-0.2, 0) is 25.4 Å². The molecule has 1 heterocycles. The number of benzene rings is 2. The largest absolute Gasteiger partial charge is 0.416 e. The van der Waals surface area contributed by atoms with Crippen molar-refractivity contribution in [3.05, 3.63) is 102 Å². The van der Waals surface area contributed by atoms with E-state index in [1.807, 2.05) is 0 Å². The van der Waals surface area contributed by atoms with Crippen molar-refractivity contribution in [3.8, 4) is 0 Å². The number of alkyl halides is 6. The third-order valence-corrected chi connectivity index (χ3v) is 5.02. The molecule has 0 spiro atoms. The zero-order valence-electron chi connectivity index (χ0n) is 18.1. The molecule has 0 radical (unpaired) electrons. The summed E-state index contributed by atoms with van der Waals surface area (Å²) in [6.45, 7) is 3.86. The van der Waals surface area contributed by atoms with Crippen LogP contribution in [0.2, 0.25) is 0 Å². The topological polar surface area (TPSA) is 37.3 Å². The molecule has 11 heteroatoms. The summed E-state index contributed by atoms with van der Waals surface area (Å²) in [4.78, 5) is 14.0. The molecule has 1 N–H and O–H groups in total. The number of nitrogens with zero attached hydrogens (tertiary/aromatic N) is 2. The summed E-state index contributed by atoms with van der Waals surface area (Å²) in [6.07, 6.45) is -6.98. The molecule has 0 aliphatic rings. The van der Waals surface area contributed by atoms with E-state index in [1.54, 1.807) is 35.0 Å². The van der Waals surface area contributed by atoms with Crippen LogP contribution in [-0.4, -0.2) is 22.0 Å². The van der Waals surface area contributed by atoms with Crippen LogP contribution in [0.15, 0.2) is 73.4 Å². The summed E-state index contributed by atoms with van der Waals surface area (Å²) in [5.41, 5.74) is -2.30. The number of carbonyl (C=O) groups excluding carboxylic acids is 1. The van der Waals surface area contributed by atoms with Crippen molar-refractivity contribution in [2.45, 2.75) is 25.4 Å². The lowest BCUT2D eigenvalue weighted by Gasteiger charge is -2.23. The van der Waals surface area contributed by atoms with Crippen LogP contribution in [0.4, 0.5) is 41.2 Å². The van der Waals surface area contributed by atoms with E-state index in [0.717, 1.165) is 5.56 Å². The molecule has 3 aromatic rings. The number of anilines is 1. The molecule has 0 unspecified atom stereocenters. The van der Waals surface area contributed by atoms with E-state index in [4.69, 9.17) is 0 Å². The molecule has 0 bridgehead atoms. The Morgan fingerprint density at radius 3 is 2.11 bits per heavy atom. The van der Waals surface area contributed by atoms with E-state index in [0.29, 0.717) is 24.4 Å². The second-order valence-corrected chi connectivity index (χ2v) is 7.65. The van der Waals surface area contributed by atoms with Crippen LogP contribution in [0.25, 0.3) is 0 Å². The minimum Gasteiger partial charge on any atom is -0.345 e. The van der Waals surface area contributed by atoms with E-state index < -0.39 is 41.0 Å². The standard InChI is InChI=1S/C24H20F7N3O/c1-2-9-34(15-21-4-3-10-33(21)14-16-5-7-19(25)8-6-16)22(35)32-20-12-17(23(26,27)28)11-18(13-20)24(29,30)31/h2-8,10-13H,1,9,14-15H2,(H,32,35). The molecule has 0 fully saturated rings. The molecule has 2 amide bonds. The van der Waals surface area contributed by atoms with E-state index in [-0.39, 0.29) is 19.2 Å². The highest BCUT2D eigenvalue weighted by molar-refractivity contribution is 5.89. The second kappa shape index (κ2) is 10.2. The fourth-order valence-electron chi connectivity index (χ4n) is 3.33. The third kappa shape index (κ3) is 6.87. The van der Waals surface area contributed by atoms with Crippen LogP contribution in [0.5, 0.6) is 0 Å². The second-order valence-electron chi connectivity index (χ2n) is 7.65. The summed E-state index contributed by atoms with van der Waals surface area (Å²) >= 11 is 0. The monoisotopic (exact) mass is 499 g/mol. The fourth-order valence-corrected chi connectivity index (χ4v) is 3.33. The maximum atomic E-state index is 13.2. The fraction of sp³-hybridized carbons (Fsp3) is 0.208. The van der Waals surface area contributed by atoms with Gasteiger partial charge in [-0.1, -0.05) is 18.2 Å². The number of rotatable bonds is 7. The van der Waals surface area contributed by atoms with Crippen molar-refractivity contribution >= 4 is 11.7 Å². The van der Waals surface area contributed by atoms with Gasteiger partial charge in [-0.15, -0.1) is 6.58 Å². The Kier molecular flexibility index (Phi) is 7.57. The summed E-state index contributed by atoms with van der Waals surface area (Å²) in [6, 6.07) is 9.18. The number of halogens is 7. The summed E-state index contributed by atoms with van der Waals surface area (Å²) in [5, 5.41) is 2.13. The molecular weight excluding hydrogens is 479 g/mol. The summed E-state index contributed by atoms with van der Waals surface area (Å²) in [5.74, 6) is -0.390. The molecule has 0 aliphatic carbocycles. The minimum absolute atomic E-state index is 0.0144. The van der Waals surface area contributed by atoms with Crippen molar-refractivity contribution in [1.29, 1.82) is 0 Å². The highest BCUT2D eigenvalue weighted by atomic mass is 19.4. The van der Waals surface area contributed by atoms with Gasteiger partial charge in [-0.25, -0.2) is 9.18 Å². The first-order valence-electron chi connectivity index (χ1n) is 10.2. The van der Waals surface area contributed by atoms with Crippen LogP contribution < -0.4 is 5.32 Å². The van der Waals surface area contributed by atoms with Gasteiger partial charge < -0.3 is 14.8 Å². The average Bonchev–Trinajstić information content (AvgIpc) is 3.20. The Morgan fingerprint density at radius 1 is 0.971 bits per heavy atom. The molecule has 4 nitrogen and oxygen atoms in total. The molecule has 0 saturated carbocycles. The molecule has 0 saturated heterocycles. The predicted octanol–water partition coefficient (Wildman–Crippen LogP) is 6.93. The smallest absolute Gasteiger partial charge is 0.345 e. The van der Waals surface area contributed by atoms with Gasteiger partial charge in [0.15, 0.2) is 0 Å². The number of hydrogen-bond donors (Lipinski definition) is 1. The van der Waals surface area contributed by atoms with E-state index >= 15 is 0 Å². The molecule has 2 aromatic carbocycles. The van der Waals surface area contributed by atoms with Gasteiger partial charge in [-0.3, -0.25) is 0 Å². The minimum atomic E-state index is -5.04. The van der Waals surface area contributed by atoms with Gasteiger partial charge in [0.05, 0.1) is 17.7 Å². The first-order chi connectivity index (χ1) is 16.4. The van der Waals surface area contributed by atoms with Crippen molar-refractivity contribution in [3.63, 3.8) is 0 Å². The number of urea groups is 1. The van der Waals surface area contributed by atoms with Gasteiger partial charge in [0.25, 0.3) is 0 Å². The number of amides is 2. The summed E-state index contributed by atoms with van der Waals surface area (Å²) in [7, 11) is 0. The van der Waals surface area contributed by atoms with Gasteiger partial charge in [-0.2, -0.15) is 26.3 Å². The molecule has 1 aromatic heterocycles. The molecule has 0 atom stereocenters. The highest BCUT2D eigenvalue weighted by Gasteiger charge is 2.37. The SMILES string of the molecule is C=CCN(Cc1cccn1Cc1ccc(F)cc1)C(=O)Nc1cc(C(F)(F)F)cc(C(F)(F)F)c1. The van der Waals surface area contributed by atoms with Gasteiger partial charge in [0, 0.05) is 30.7 Å². The number of hydrogen-bond acceptors (Lipinski definition) is 1. The van der Waals surface area contributed by atoms with Gasteiger partial charge in [0.1, 0.15) is 5.82 Å². The van der Waals surface area contributed by atoms with Gasteiger partial charge >= 0.3 is 18.4 Å². The van der Waals surface area contributed by atoms with E-state index in [9.17, 15) is 35.5 Å². The number of carbonyl (C=O) groups is 1. The molecule has 35 heavy (non-hydrogen) atoms.